The Bertz CT molecular complexity index is 977. The van der Waals surface area contributed by atoms with Crippen molar-refractivity contribution >= 4 is 33.4 Å². The number of unbranched alkanes of at least 4 members (excludes halogenated alkanes) is 1. The molecular formula is C22H31FN2O5S2. The number of sulfonamides is 1. The van der Waals surface area contributed by atoms with Gasteiger partial charge in [0.2, 0.25) is 15.9 Å². The average molecular weight is 487 g/mol. The fraction of sp³-hybridized carbons (Fsp3) is 0.591. The Kier molecular flexibility index (Phi) is 8.11. The van der Waals surface area contributed by atoms with Crippen LogP contribution >= 0.6 is 11.8 Å². The van der Waals surface area contributed by atoms with E-state index in [1.54, 1.807) is 13.1 Å². The number of fused-ring (bicyclic) bond motifs is 1. The Balaban J connectivity index is 2.14. The van der Waals surface area contributed by atoms with E-state index in [9.17, 15) is 17.6 Å². The summed E-state index contributed by atoms with van der Waals surface area (Å²) in [6.07, 6.45) is 9.27. The molecule has 1 aliphatic heterocycles. The van der Waals surface area contributed by atoms with Crippen molar-refractivity contribution in [1.82, 2.24) is 4.31 Å². The molecule has 0 spiro atoms. The third kappa shape index (κ3) is 5.07. The lowest BCUT2D eigenvalue weighted by molar-refractivity contribution is -0.134. The number of hydrogen-bond donors (Lipinski definition) is 1. The largest absolute Gasteiger partial charge is 0.476 e. The molecule has 0 unspecified atom stereocenters. The Labute approximate surface area is 193 Å². The molecule has 3 rings (SSSR count). The number of thioether (sulfide) groups is 1. The van der Waals surface area contributed by atoms with Gasteiger partial charge in [-0.3, -0.25) is 0 Å². The van der Waals surface area contributed by atoms with Gasteiger partial charge in [0.1, 0.15) is 16.9 Å². The number of carbonyl (C=O) groups is 1. The fourth-order valence-corrected chi connectivity index (χ4v) is 6.55. The molecule has 32 heavy (non-hydrogen) atoms. The van der Waals surface area contributed by atoms with Crippen LogP contribution in [0, 0.1) is 0 Å². The number of aliphatic carboxylic acids is 1. The smallest absolute Gasteiger partial charge is 0.368 e. The molecule has 0 radical (unpaired) electrons. The first kappa shape index (κ1) is 24.9. The van der Waals surface area contributed by atoms with Gasteiger partial charge in [0.15, 0.2) is 0 Å². The summed E-state index contributed by atoms with van der Waals surface area (Å²) in [5, 5.41) is 8.75. The number of anilines is 1. The van der Waals surface area contributed by atoms with Gasteiger partial charge in [-0.2, -0.15) is 8.70 Å². The highest BCUT2D eigenvalue weighted by atomic mass is 32.2. The molecule has 0 amide bonds. The van der Waals surface area contributed by atoms with Gasteiger partial charge in [-0.15, -0.1) is 11.8 Å². The molecule has 0 aromatic heterocycles. The van der Waals surface area contributed by atoms with E-state index in [4.69, 9.17) is 9.84 Å². The number of benzene rings is 1. The van der Waals surface area contributed by atoms with Crippen molar-refractivity contribution in [3.8, 4) is 5.75 Å². The first-order chi connectivity index (χ1) is 15.2. The van der Waals surface area contributed by atoms with Gasteiger partial charge in [0, 0.05) is 31.7 Å². The zero-order chi connectivity index (χ0) is 23.5. The molecule has 1 aliphatic carbocycles. The Hall–Kier alpha value is -1.78. The minimum atomic E-state index is -3.83. The first-order valence-corrected chi connectivity index (χ1v) is 13.6. The maximum Gasteiger partial charge on any atom is 0.368 e. The lowest BCUT2D eigenvalue weighted by Gasteiger charge is -2.34. The Morgan fingerprint density at radius 3 is 2.62 bits per heavy atom. The van der Waals surface area contributed by atoms with E-state index in [0.717, 1.165) is 44.9 Å². The molecule has 1 aromatic rings. The van der Waals surface area contributed by atoms with E-state index in [0.29, 0.717) is 23.4 Å². The zero-order valence-electron chi connectivity index (χ0n) is 18.7. The molecule has 1 heterocycles. The van der Waals surface area contributed by atoms with Crippen LogP contribution in [0.5, 0.6) is 5.75 Å². The minimum Gasteiger partial charge on any atom is -0.476 e. The maximum atomic E-state index is 13.6. The molecule has 1 N–H and O–H groups in total. The Morgan fingerprint density at radius 2 is 2.03 bits per heavy atom. The molecule has 1 aromatic carbocycles. The van der Waals surface area contributed by atoms with E-state index < -0.39 is 21.8 Å². The number of halogens is 1. The van der Waals surface area contributed by atoms with Crippen molar-refractivity contribution in [2.75, 3.05) is 24.7 Å². The fourth-order valence-electron chi connectivity index (χ4n) is 4.45. The van der Waals surface area contributed by atoms with Crippen LogP contribution in [0.1, 0.15) is 51.9 Å². The number of carboxylic acid groups (broad SMARTS) is 1. The van der Waals surface area contributed by atoms with Gasteiger partial charge in [0.25, 0.3) is 0 Å². The molecule has 2 aliphatic rings. The van der Waals surface area contributed by atoms with Gasteiger partial charge in [-0.1, -0.05) is 32.6 Å². The van der Waals surface area contributed by atoms with Crippen LogP contribution in [0.2, 0.25) is 0 Å². The number of nitrogens with zero attached hydrogens (tertiary/aromatic N) is 2. The molecule has 1 saturated carbocycles. The van der Waals surface area contributed by atoms with Gasteiger partial charge < -0.3 is 14.7 Å². The van der Waals surface area contributed by atoms with E-state index in [1.165, 1.54) is 22.1 Å². The van der Waals surface area contributed by atoms with E-state index >= 15 is 0 Å². The number of rotatable bonds is 8. The first-order valence-electron chi connectivity index (χ1n) is 10.9. The molecule has 0 bridgehead atoms. The van der Waals surface area contributed by atoms with Crippen LogP contribution in [0.3, 0.4) is 0 Å². The zero-order valence-corrected chi connectivity index (χ0v) is 20.3. The second-order valence-corrected chi connectivity index (χ2v) is 11.1. The summed E-state index contributed by atoms with van der Waals surface area (Å²) in [5.74, 6) is -3.09. The van der Waals surface area contributed by atoms with Crippen LogP contribution in [0.25, 0.3) is 0 Å². The normalized spacial score (nSPS) is 21.9. The van der Waals surface area contributed by atoms with Crippen molar-refractivity contribution in [2.24, 2.45) is 0 Å². The highest BCUT2D eigenvalue weighted by molar-refractivity contribution is 7.98. The second-order valence-electron chi connectivity index (χ2n) is 8.27. The third-order valence-corrected chi connectivity index (χ3v) is 8.98. The predicted molar refractivity (Wildman–Crippen MR) is 124 cm³/mol. The summed E-state index contributed by atoms with van der Waals surface area (Å²) in [5.41, 5.74) is 0.641. The van der Waals surface area contributed by atoms with Crippen LogP contribution in [0.4, 0.5) is 10.1 Å². The second kappa shape index (κ2) is 10.4. The highest BCUT2D eigenvalue weighted by Crippen LogP contribution is 2.43. The average Bonchev–Trinajstić information content (AvgIpc) is 3.28. The molecule has 1 atom stereocenters. The number of carboxylic acids is 1. The molecule has 7 nitrogen and oxygen atoms in total. The summed E-state index contributed by atoms with van der Waals surface area (Å²) in [6, 6.07) is 3.31. The van der Waals surface area contributed by atoms with Crippen LogP contribution in [-0.2, 0) is 14.8 Å². The Morgan fingerprint density at radius 1 is 1.34 bits per heavy atom. The standard InChI is InChI=1S/C22H31FN2O5S2/c1-4-5-8-16-13-25(15-9-6-7-10-15)18-11-20(31-3)19(30-14-17(23)22(26)27)12-21(18)32(28,29)24(16)2/h11-12,14-16H,4-10,13H2,1-3H3,(H,26,27)/b17-14-/t16-/m1/s1. The monoisotopic (exact) mass is 486 g/mol. The quantitative estimate of drug-likeness (QED) is 0.326. The molecular weight excluding hydrogens is 455 g/mol. The maximum absolute atomic E-state index is 13.6. The molecule has 178 valence electrons. The summed E-state index contributed by atoms with van der Waals surface area (Å²) in [7, 11) is -2.21. The molecule has 1 fully saturated rings. The molecule has 10 heteroatoms. The lowest BCUT2D eigenvalue weighted by Crippen LogP contribution is -2.44. The summed E-state index contributed by atoms with van der Waals surface area (Å²) >= 11 is 1.34. The van der Waals surface area contributed by atoms with Crippen LogP contribution in [0.15, 0.2) is 34.0 Å². The van der Waals surface area contributed by atoms with Gasteiger partial charge in [-0.05, 0) is 31.6 Å². The topological polar surface area (TPSA) is 87.1 Å². The van der Waals surface area contributed by atoms with Crippen LogP contribution < -0.4 is 9.64 Å². The summed E-state index contributed by atoms with van der Waals surface area (Å²) < 4.78 is 47.5. The van der Waals surface area contributed by atoms with Crippen molar-refractivity contribution in [3.05, 3.63) is 24.2 Å². The number of ether oxygens (including phenoxy) is 1. The summed E-state index contributed by atoms with van der Waals surface area (Å²) in [6.45, 7) is 2.71. The molecule has 0 saturated heterocycles. The van der Waals surface area contributed by atoms with Crippen molar-refractivity contribution in [2.45, 2.75) is 73.7 Å². The van der Waals surface area contributed by atoms with Crippen molar-refractivity contribution in [3.63, 3.8) is 0 Å². The number of likely N-dealkylation sites (N-methyl/N-ethyl adjacent to an activating group) is 1. The lowest BCUT2D eigenvalue weighted by atomic mass is 10.1. The number of hydrogen-bond acceptors (Lipinski definition) is 6. The van der Waals surface area contributed by atoms with Gasteiger partial charge in [-0.25, -0.2) is 13.2 Å². The third-order valence-electron chi connectivity index (χ3n) is 6.28. The SMILES string of the molecule is CCCC[C@@H]1CN(C2CCCC2)c2cc(SC)c(O/C=C(\F)C(=O)O)cc2S(=O)(=O)N1C. The van der Waals surface area contributed by atoms with E-state index in [2.05, 4.69) is 11.8 Å². The van der Waals surface area contributed by atoms with E-state index in [1.807, 2.05) is 6.26 Å². The minimum absolute atomic E-state index is 0.114. The van der Waals surface area contributed by atoms with Crippen molar-refractivity contribution in [1.29, 1.82) is 0 Å². The van der Waals surface area contributed by atoms with Gasteiger partial charge in [0.05, 0.1) is 10.6 Å². The highest BCUT2D eigenvalue weighted by Gasteiger charge is 2.39. The van der Waals surface area contributed by atoms with Gasteiger partial charge >= 0.3 is 5.97 Å². The van der Waals surface area contributed by atoms with Crippen LogP contribution in [-0.4, -0.2) is 55.7 Å². The predicted octanol–water partition coefficient (Wildman–Crippen LogP) is 4.62. The van der Waals surface area contributed by atoms with Crippen molar-refractivity contribution < 1.29 is 27.4 Å². The van der Waals surface area contributed by atoms with E-state index in [-0.39, 0.29) is 22.7 Å². The summed E-state index contributed by atoms with van der Waals surface area (Å²) in [4.78, 5) is 13.7.